The first kappa shape index (κ1) is 27.4. The fourth-order valence-electron chi connectivity index (χ4n) is 4.99. The van der Waals surface area contributed by atoms with Crippen LogP contribution in [0.5, 0.6) is 0 Å². The average Bonchev–Trinajstić information content (AvgIpc) is 3.25. The highest BCUT2D eigenvalue weighted by Gasteiger charge is 2.32. The number of alkyl halides is 3. The van der Waals surface area contributed by atoms with Gasteiger partial charge in [-0.25, -0.2) is 4.98 Å². The van der Waals surface area contributed by atoms with E-state index in [0.717, 1.165) is 67.8 Å². The number of piperazine rings is 1. The van der Waals surface area contributed by atoms with E-state index < -0.39 is 11.7 Å². The molecule has 3 aromatic rings. The lowest BCUT2D eigenvalue weighted by Gasteiger charge is -2.41. The zero-order valence-electron chi connectivity index (χ0n) is 21.6. The fraction of sp³-hybridized carbons (Fsp3) is 0.500. The number of nitrogens with zero attached hydrogens (tertiary/aromatic N) is 3. The van der Waals surface area contributed by atoms with Crippen molar-refractivity contribution < 1.29 is 22.7 Å². The number of aromatic nitrogens is 1. The number of hydrogen-bond donors (Lipinski definition) is 0. The van der Waals surface area contributed by atoms with E-state index in [4.69, 9.17) is 9.72 Å². The first-order valence-electron chi connectivity index (χ1n) is 12.9. The lowest BCUT2D eigenvalue weighted by atomic mass is 10.0. The number of benzene rings is 2. The van der Waals surface area contributed by atoms with E-state index in [-0.39, 0.29) is 18.4 Å². The van der Waals surface area contributed by atoms with Crippen molar-refractivity contribution in [1.29, 1.82) is 0 Å². The Morgan fingerprint density at radius 1 is 1.14 bits per heavy atom. The highest BCUT2D eigenvalue weighted by molar-refractivity contribution is 7.22. The minimum atomic E-state index is -4.36. The summed E-state index contributed by atoms with van der Waals surface area (Å²) in [6.07, 6.45) is -0.943. The molecule has 0 aliphatic carbocycles. The maximum atomic E-state index is 13.2. The van der Waals surface area contributed by atoms with Crippen molar-refractivity contribution in [2.45, 2.75) is 65.2 Å². The number of esters is 1. The minimum absolute atomic E-state index is 0.217. The number of aryl methyl sites for hydroxylation is 1. The van der Waals surface area contributed by atoms with Crippen LogP contribution in [0.1, 0.15) is 55.4 Å². The van der Waals surface area contributed by atoms with Gasteiger partial charge in [0.25, 0.3) is 0 Å². The molecule has 1 atom stereocenters. The zero-order valence-corrected chi connectivity index (χ0v) is 22.4. The number of ether oxygens (including phenoxy) is 1. The Bertz CT molecular complexity index is 1230. The number of hydrogen-bond acceptors (Lipinski definition) is 6. The van der Waals surface area contributed by atoms with Crippen molar-refractivity contribution in [3.05, 3.63) is 58.7 Å². The molecule has 4 rings (SSSR count). The highest BCUT2D eigenvalue weighted by Crippen LogP contribution is 2.36. The summed E-state index contributed by atoms with van der Waals surface area (Å²) >= 11 is 1.34. The van der Waals surface area contributed by atoms with Crippen LogP contribution in [-0.2, 0) is 28.7 Å². The number of thiazole rings is 1. The van der Waals surface area contributed by atoms with Gasteiger partial charge in [-0.05, 0) is 49.6 Å². The van der Waals surface area contributed by atoms with Crippen LogP contribution in [0.3, 0.4) is 0 Å². The highest BCUT2D eigenvalue weighted by atomic mass is 32.1. The Kier molecular flexibility index (Phi) is 8.75. The first-order valence-corrected chi connectivity index (χ1v) is 13.7. The topological polar surface area (TPSA) is 45.7 Å². The maximum absolute atomic E-state index is 13.2. The lowest BCUT2D eigenvalue weighted by Crippen LogP contribution is -2.53. The van der Waals surface area contributed by atoms with Crippen LogP contribution in [-0.4, -0.2) is 48.1 Å². The second-order valence-electron chi connectivity index (χ2n) is 9.71. The zero-order chi connectivity index (χ0) is 26.6. The summed E-state index contributed by atoms with van der Waals surface area (Å²) in [5.41, 5.74) is 3.22. The molecule has 0 bridgehead atoms. The molecule has 1 aliphatic heterocycles. The molecular weight excluding hydrogens is 499 g/mol. The number of rotatable bonds is 9. The van der Waals surface area contributed by atoms with Gasteiger partial charge in [-0.3, -0.25) is 9.69 Å². The van der Waals surface area contributed by atoms with Gasteiger partial charge in [0.15, 0.2) is 5.13 Å². The van der Waals surface area contributed by atoms with Gasteiger partial charge in [-0.15, -0.1) is 0 Å². The third-order valence-electron chi connectivity index (χ3n) is 6.66. The van der Waals surface area contributed by atoms with E-state index in [0.29, 0.717) is 16.8 Å². The summed E-state index contributed by atoms with van der Waals surface area (Å²) in [4.78, 5) is 21.4. The molecule has 0 N–H and O–H groups in total. The lowest BCUT2D eigenvalue weighted by molar-refractivity contribution is -0.142. The summed E-state index contributed by atoms with van der Waals surface area (Å²) in [7, 11) is 0. The number of carbonyl (C=O) groups excluding carboxylic acids is 1. The molecule has 1 fully saturated rings. The normalized spacial score (nSPS) is 16.9. The second kappa shape index (κ2) is 11.8. The van der Waals surface area contributed by atoms with Crippen LogP contribution < -0.4 is 4.90 Å². The van der Waals surface area contributed by atoms with Gasteiger partial charge in [-0.2, -0.15) is 13.2 Å². The fourth-order valence-corrected chi connectivity index (χ4v) is 6.09. The predicted octanol–water partition coefficient (Wildman–Crippen LogP) is 6.61. The number of fused-ring (bicyclic) bond motifs is 1. The van der Waals surface area contributed by atoms with Crippen LogP contribution in [0.4, 0.5) is 18.3 Å². The summed E-state index contributed by atoms with van der Waals surface area (Å²) in [5, 5.41) is 0.794. The third kappa shape index (κ3) is 7.02. The number of halogens is 3. The third-order valence-corrected chi connectivity index (χ3v) is 7.72. The van der Waals surface area contributed by atoms with Gasteiger partial charge in [0.2, 0.25) is 0 Å². The van der Waals surface area contributed by atoms with Gasteiger partial charge < -0.3 is 9.64 Å². The largest absolute Gasteiger partial charge is 0.466 e. The quantitative estimate of drug-likeness (QED) is 0.290. The molecule has 2 aromatic carbocycles. The Hall–Kier alpha value is -2.65. The van der Waals surface area contributed by atoms with Crippen LogP contribution in [0.25, 0.3) is 10.2 Å². The molecule has 5 nitrogen and oxygen atoms in total. The van der Waals surface area contributed by atoms with Crippen molar-refractivity contribution in [1.82, 2.24) is 9.88 Å². The van der Waals surface area contributed by atoms with Crippen molar-refractivity contribution in [2.75, 3.05) is 31.1 Å². The SMILES string of the molecule is CCCC[C@@H]1CN(Cc2cc(C)cc(CC(=O)OCC)c2)CCN1c1nc2ccc(C(F)(F)F)cc2s1. The molecule has 0 unspecified atom stereocenters. The molecule has 37 heavy (non-hydrogen) atoms. The van der Waals surface area contributed by atoms with Gasteiger partial charge in [0.1, 0.15) is 0 Å². The maximum Gasteiger partial charge on any atom is 0.416 e. The molecule has 1 saturated heterocycles. The molecule has 0 radical (unpaired) electrons. The summed E-state index contributed by atoms with van der Waals surface area (Å²) < 4.78 is 45.3. The molecule has 9 heteroatoms. The molecule has 200 valence electrons. The van der Waals surface area contributed by atoms with Gasteiger partial charge in [0, 0.05) is 32.2 Å². The molecule has 1 aliphatic rings. The number of anilines is 1. The van der Waals surface area contributed by atoms with Crippen LogP contribution >= 0.6 is 11.3 Å². The molecule has 2 heterocycles. The number of carbonyl (C=O) groups is 1. The van der Waals surface area contributed by atoms with Gasteiger partial charge in [0.05, 0.1) is 28.8 Å². The van der Waals surface area contributed by atoms with Crippen LogP contribution in [0, 0.1) is 6.92 Å². The van der Waals surface area contributed by atoms with E-state index >= 15 is 0 Å². The Balaban J connectivity index is 1.50. The standard InChI is InChI=1S/C28H34F3N3O2S/c1-4-6-7-23-18-33(17-21-13-19(3)12-20(14-21)15-26(35)36-5-2)10-11-34(23)27-32-24-9-8-22(28(29,30)31)16-25(24)37-27/h8-9,12-14,16,23H,4-7,10-11,15,17-18H2,1-3H3/t23-/m1/s1. The van der Waals surface area contributed by atoms with E-state index in [1.54, 1.807) is 0 Å². The van der Waals surface area contributed by atoms with Crippen molar-refractivity contribution in [3.8, 4) is 0 Å². The van der Waals surface area contributed by atoms with Crippen LogP contribution in [0.2, 0.25) is 0 Å². The van der Waals surface area contributed by atoms with Crippen molar-refractivity contribution in [3.63, 3.8) is 0 Å². The van der Waals surface area contributed by atoms with E-state index in [1.807, 2.05) is 19.9 Å². The minimum Gasteiger partial charge on any atom is -0.466 e. The summed E-state index contributed by atoms with van der Waals surface area (Å²) in [6.45, 7) is 9.61. The smallest absolute Gasteiger partial charge is 0.416 e. The predicted molar refractivity (Wildman–Crippen MR) is 142 cm³/mol. The van der Waals surface area contributed by atoms with Crippen LogP contribution in [0.15, 0.2) is 36.4 Å². The second-order valence-corrected chi connectivity index (χ2v) is 10.7. The molecule has 0 amide bonds. The monoisotopic (exact) mass is 533 g/mol. The summed E-state index contributed by atoms with van der Waals surface area (Å²) in [6, 6.07) is 10.3. The molecular formula is C28H34F3N3O2S. The van der Waals surface area contributed by atoms with Crippen molar-refractivity contribution >= 4 is 32.7 Å². The van der Waals surface area contributed by atoms with E-state index in [9.17, 15) is 18.0 Å². The number of unbranched alkanes of at least 4 members (excludes halogenated alkanes) is 1. The Morgan fingerprint density at radius 3 is 2.65 bits per heavy atom. The molecule has 0 saturated carbocycles. The Morgan fingerprint density at radius 2 is 1.92 bits per heavy atom. The van der Waals surface area contributed by atoms with E-state index in [2.05, 4.69) is 28.9 Å². The van der Waals surface area contributed by atoms with Gasteiger partial charge >= 0.3 is 12.1 Å². The first-order chi connectivity index (χ1) is 17.7. The molecule has 1 aromatic heterocycles. The van der Waals surface area contributed by atoms with Gasteiger partial charge in [-0.1, -0.05) is 54.9 Å². The molecule has 0 spiro atoms. The average molecular weight is 534 g/mol. The Labute approximate surface area is 220 Å². The van der Waals surface area contributed by atoms with Crippen molar-refractivity contribution in [2.24, 2.45) is 0 Å². The summed E-state index contributed by atoms with van der Waals surface area (Å²) in [5.74, 6) is -0.217. The van der Waals surface area contributed by atoms with E-state index in [1.165, 1.54) is 29.0 Å².